The maximum absolute atomic E-state index is 12.7. The van der Waals surface area contributed by atoms with Crippen LogP contribution in [0.5, 0.6) is 0 Å². The zero-order valence-electron chi connectivity index (χ0n) is 23.8. The summed E-state index contributed by atoms with van der Waals surface area (Å²) in [6.07, 6.45) is -4.99. The first-order valence-corrected chi connectivity index (χ1v) is 12.9. The minimum Gasteiger partial charge on any atom is -0.456 e. The molecular weight excluding hydrogens is 922 g/mol. The fraction of sp³-hybridized carbons (Fsp3) is 0.852. The van der Waals surface area contributed by atoms with Crippen molar-refractivity contribution in [2.45, 2.75) is 110 Å². The van der Waals surface area contributed by atoms with E-state index in [1.807, 2.05) is 6.92 Å². The van der Waals surface area contributed by atoms with Crippen molar-refractivity contribution in [1.29, 1.82) is 0 Å². The summed E-state index contributed by atoms with van der Waals surface area (Å²) in [5.41, 5.74) is -3.38. The van der Waals surface area contributed by atoms with E-state index in [4.69, 9.17) is 9.47 Å². The number of rotatable bonds is 7. The second-order valence-electron chi connectivity index (χ2n) is 12.2. The standard InChI is InChI=1S/C27H44O9.2Ac/c1-12(2)22(30)24(32)36-18-10-27(34,25(7,8)21(14(18)4)23(31)16(6)28)15(5)20-13(3)17(29)9-19-26(20,33)11-35-19;;/h12-13,15,17-20,22-23,29-31,33-34H,9-11H2,1-8H3;;. The summed E-state index contributed by atoms with van der Waals surface area (Å²) < 4.78 is 11.2. The quantitative estimate of drug-likeness (QED) is 0.187. The number of aliphatic hydroxyl groups excluding tert-OH is 3. The van der Waals surface area contributed by atoms with Crippen molar-refractivity contribution in [2.24, 2.45) is 29.1 Å². The monoisotopic (exact) mass is 966 g/mol. The van der Waals surface area contributed by atoms with Gasteiger partial charge in [0.05, 0.1) is 24.4 Å². The van der Waals surface area contributed by atoms with Crippen molar-refractivity contribution in [3.8, 4) is 0 Å². The van der Waals surface area contributed by atoms with Crippen LogP contribution in [0.3, 0.4) is 0 Å². The summed E-state index contributed by atoms with van der Waals surface area (Å²) in [5.74, 6) is -3.37. The van der Waals surface area contributed by atoms with Gasteiger partial charge in [-0.3, -0.25) is 4.79 Å². The number of carbonyl (C=O) groups excluding carboxylic acids is 2. The van der Waals surface area contributed by atoms with Gasteiger partial charge in [0.15, 0.2) is 11.9 Å². The summed E-state index contributed by atoms with van der Waals surface area (Å²) in [7, 11) is 0. The number of aliphatic hydroxyl groups is 5. The number of esters is 1. The molecule has 0 aromatic heterocycles. The van der Waals surface area contributed by atoms with E-state index in [9.17, 15) is 35.1 Å². The molecule has 11 heteroatoms. The van der Waals surface area contributed by atoms with E-state index in [2.05, 4.69) is 0 Å². The summed E-state index contributed by atoms with van der Waals surface area (Å²) in [6, 6.07) is 0. The molecule has 10 atom stereocenters. The van der Waals surface area contributed by atoms with Gasteiger partial charge in [-0.2, -0.15) is 0 Å². The van der Waals surface area contributed by atoms with Crippen molar-refractivity contribution < 1.29 is 133 Å². The molecule has 2 aliphatic carbocycles. The molecule has 10 unspecified atom stereocenters. The fourth-order valence-corrected chi connectivity index (χ4v) is 6.99. The average molecular weight is 967 g/mol. The maximum Gasteiger partial charge on any atom is 0.335 e. The van der Waals surface area contributed by atoms with E-state index >= 15 is 0 Å². The predicted molar refractivity (Wildman–Crippen MR) is 131 cm³/mol. The van der Waals surface area contributed by atoms with Crippen LogP contribution in [0, 0.1) is 117 Å². The number of ether oxygens (including phenoxy) is 2. The zero-order chi connectivity index (χ0) is 27.5. The Morgan fingerprint density at radius 1 is 1.11 bits per heavy atom. The zero-order valence-corrected chi connectivity index (χ0v) is 33.3. The molecule has 0 bridgehead atoms. The maximum atomic E-state index is 12.7. The molecule has 212 valence electrons. The Hall–Kier alpha value is 1.52. The minimum absolute atomic E-state index is 0. The van der Waals surface area contributed by atoms with E-state index in [0.29, 0.717) is 12.0 Å². The second-order valence-corrected chi connectivity index (χ2v) is 12.2. The second kappa shape index (κ2) is 13.4. The van der Waals surface area contributed by atoms with E-state index in [-0.39, 0.29) is 113 Å². The van der Waals surface area contributed by atoms with E-state index in [1.165, 1.54) is 6.92 Å². The van der Waals surface area contributed by atoms with Crippen LogP contribution in [-0.4, -0.2) is 85.6 Å². The molecule has 3 rings (SSSR count). The number of hydrogen-bond acceptors (Lipinski definition) is 9. The third kappa shape index (κ3) is 6.25. The molecule has 0 aromatic rings. The van der Waals surface area contributed by atoms with Crippen molar-refractivity contribution in [3.63, 3.8) is 0 Å². The van der Waals surface area contributed by atoms with E-state index in [1.54, 1.807) is 41.5 Å². The van der Waals surface area contributed by atoms with Gasteiger partial charge >= 0.3 is 5.97 Å². The molecule has 2 radical (unpaired) electrons. The number of fused-ring (bicyclic) bond motifs is 1. The van der Waals surface area contributed by atoms with Crippen LogP contribution in [0.4, 0.5) is 0 Å². The SMILES string of the molecule is CC(=O)C(O)C1=C(C)C(OC(=O)C(O)C(C)C)CC(O)(C(C)C2C(C)C(O)CC3OCC32O)C1(C)C.[Ac].[Ac]. The Morgan fingerprint density at radius 3 is 2.11 bits per heavy atom. The van der Waals surface area contributed by atoms with Gasteiger partial charge in [-0.15, -0.1) is 0 Å². The topological polar surface area (TPSA) is 154 Å². The van der Waals surface area contributed by atoms with Gasteiger partial charge in [-0.25, -0.2) is 4.79 Å². The Bertz CT molecular complexity index is 922. The number of Topliss-reactive ketones (excluding diaryl/α,β-unsaturated/α-hetero) is 1. The summed E-state index contributed by atoms with van der Waals surface area (Å²) in [5, 5.41) is 56.0. The molecular formula is C27H44Ac2O9. The van der Waals surface area contributed by atoms with Gasteiger partial charge in [-0.05, 0) is 42.7 Å². The van der Waals surface area contributed by atoms with Gasteiger partial charge < -0.3 is 35.0 Å². The normalized spacial score (nSPS) is 38.5. The van der Waals surface area contributed by atoms with Gasteiger partial charge in [-0.1, -0.05) is 41.5 Å². The number of carbonyl (C=O) groups is 2. The molecule has 1 saturated heterocycles. The Labute approximate surface area is 297 Å². The van der Waals surface area contributed by atoms with Crippen LogP contribution in [0.1, 0.15) is 68.2 Å². The summed E-state index contributed by atoms with van der Waals surface area (Å²) in [6.45, 7) is 13.4. The molecule has 1 saturated carbocycles. The van der Waals surface area contributed by atoms with Gasteiger partial charge in [0.1, 0.15) is 17.8 Å². The van der Waals surface area contributed by atoms with Gasteiger partial charge in [0.2, 0.25) is 0 Å². The van der Waals surface area contributed by atoms with Gasteiger partial charge in [0, 0.05) is 112 Å². The minimum atomic E-state index is -1.67. The first-order valence-electron chi connectivity index (χ1n) is 12.9. The molecule has 1 aliphatic heterocycles. The predicted octanol–water partition coefficient (Wildman–Crippen LogP) is 1.13. The number of ketones is 1. The van der Waals surface area contributed by atoms with Crippen LogP contribution in [-0.2, 0) is 19.1 Å². The molecule has 0 aromatic carbocycles. The molecule has 9 nitrogen and oxygen atoms in total. The van der Waals surface area contributed by atoms with Crippen LogP contribution in [0.15, 0.2) is 11.1 Å². The molecule has 5 N–H and O–H groups in total. The largest absolute Gasteiger partial charge is 0.456 e. The molecule has 1 heterocycles. The van der Waals surface area contributed by atoms with Crippen LogP contribution >= 0.6 is 0 Å². The van der Waals surface area contributed by atoms with Crippen molar-refractivity contribution in [1.82, 2.24) is 0 Å². The van der Waals surface area contributed by atoms with Gasteiger partial charge in [0.25, 0.3) is 0 Å². The van der Waals surface area contributed by atoms with E-state index in [0.717, 1.165) is 0 Å². The van der Waals surface area contributed by atoms with Crippen LogP contribution in [0.25, 0.3) is 0 Å². The number of hydrogen-bond donors (Lipinski definition) is 5. The molecule has 0 spiro atoms. The van der Waals surface area contributed by atoms with Crippen molar-refractivity contribution in [3.05, 3.63) is 11.1 Å². The molecule has 3 aliphatic rings. The average Bonchev–Trinajstić information content (AvgIpc) is 2.78. The Morgan fingerprint density at radius 2 is 1.66 bits per heavy atom. The van der Waals surface area contributed by atoms with Crippen LogP contribution < -0.4 is 0 Å². The van der Waals surface area contributed by atoms with Crippen molar-refractivity contribution >= 4 is 11.8 Å². The van der Waals surface area contributed by atoms with E-state index < -0.39 is 76.6 Å². The van der Waals surface area contributed by atoms with Crippen molar-refractivity contribution in [2.75, 3.05) is 6.61 Å². The first kappa shape index (κ1) is 37.5. The summed E-state index contributed by atoms with van der Waals surface area (Å²) >= 11 is 0. The Balaban J connectivity index is 0.00000361. The Kier molecular flexibility index (Phi) is 13.3. The first-order chi connectivity index (χ1) is 16.4. The molecule has 0 amide bonds. The van der Waals surface area contributed by atoms with Crippen LogP contribution in [0.2, 0.25) is 0 Å². The summed E-state index contributed by atoms with van der Waals surface area (Å²) in [4.78, 5) is 25.0. The molecule has 38 heavy (non-hydrogen) atoms. The third-order valence-corrected chi connectivity index (χ3v) is 9.52. The third-order valence-electron chi connectivity index (χ3n) is 9.52. The fourth-order valence-electron chi connectivity index (χ4n) is 6.99. The smallest absolute Gasteiger partial charge is 0.335 e. The molecule has 2 fully saturated rings.